The first-order chi connectivity index (χ1) is 9.94. The number of aromatic hydroxyl groups is 1. The van der Waals surface area contributed by atoms with Crippen molar-refractivity contribution >= 4 is 11.6 Å². The molecule has 0 atom stereocenters. The van der Waals surface area contributed by atoms with Crippen molar-refractivity contribution in [3.8, 4) is 5.75 Å². The Hall–Kier alpha value is -2.33. The smallest absolute Gasteiger partial charge is 0.255 e. The molecule has 0 fully saturated rings. The van der Waals surface area contributed by atoms with Crippen molar-refractivity contribution in [1.29, 1.82) is 0 Å². The molecular formula is C17H20N2O2. The van der Waals surface area contributed by atoms with E-state index < -0.39 is 0 Å². The van der Waals surface area contributed by atoms with E-state index in [0.29, 0.717) is 5.56 Å². The van der Waals surface area contributed by atoms with E-state index in [1.54, 1.807) is 18.2 Å². The molecule has 0 bridgehead atoms. The van der Waals surface area contributed by atoms with E-state index in [4.69, 9.17) is 0 Å². The van der Waals surface area contributed by atoms with Crippen LogP contribution in [-0.4, -0.2) is 30.0 Å². The Morgan fingerprint density at radius 1 is 1.19 bits per heavy atom. The predicted molar refractivity (Wildman–Crippen MR) is 84.6 cm³/mol. The van der Waals surface area contributed by atoms with E-state index in [0.717, 1.165) is 23.4 Å². The number of rotatable bonds is 4. The van der Waals surface area contributed by atoms with Crippen molar-refractivity contribution in [2.45, 2.75) is 13.5 Å². The number of phenolic OH excluding ortho intramolecular Hbond substituents is 1. The summed E-state index contributed by atoms with van der Waals surface area (Å²) in [5, 5.41) is 12.3. The molecule has 2 N–H and O–H groups in total. The topological polar surface area (TPSA) is 52.6 Å². The monoisotopic (exact) mass is 284 g/mol. The molecule has 0 aliphatic carbocycles. The maximum Gasteiger partial charge on any atom is 0.255 e. The highest BCUT2D eigenvalue weighted by Crippen LogP contribution is 2.18. The lowest BCUT2D eigenvalue weighted by Gasteiger charge is -2.13. The number of nitrogens with zero attached hydrogens (tertiary/aromatic N) is 1. The van der Waals surface area contributed by atoms with Crippen LogP contribution in [0.3, 0.4) is 0 Å². The highest BCUT2D eigenvalue weighted by Gasteiger charge is 2.08. The fraction of sp³-hybridized carbons (Fsp3) is 0.235. The lowest BCUT2D eigenvalue weighted by molar-refractivity contribution is 0.102. The Morgan fingerprint density at radius 3 is 2.62 bits per heavy atom. The lowest BCUT2D eigenvalue weighted by Crippen LogP contribution is -2.14. The zero-order valence-corrected chi connectivity index (χ0v) is 12.6. The highest BCUT2D eigenvalue weighted by atomic mass is 16.3. The van der Waals surface area contributed by atoms with Crippen LogP contribution in [0.15, 0.2) is 42.5 Å². The Kier molecular flexibility index (Phi) is 4.60. The average Bonchev–Trinajstić information content (AvgIpc) is 2.37. The van der Waals surface area contributed by atoms with Gasteiger partial charge >= 0.3 is 0 Å². The Morgan fingerprint density at radius 2 is 1.95 bits per heavy atom. The first-order valence-electron chi connectivity index (χ1n) is 6.80. The van der Waals surface area contributed by atoms with Crippen molar-refractivity contribution in [1.82, 2.24) is 4.90 Å². The molecule has 0 spiro atoms. The van der Waals surface area contributed by atoms with E-state index in [1.807, 2.05) is 33.2 Å². The fourth-order valence-corrected chi connectivity index (χ4v) is 2.24. The van der Waals surface area contributed by atoms with E-state index in [1.165, 1.54) is 6.07 Å². The largest absolute Gasteiger partial charge is 0.508 e. The van der Waals surface area contributed by atoms with Crippen LogP contribution in [-0.2, 0) is 6.54 Å². The number of nitrogens with one attached hydrogen (secondary N) is 1. The molecule has 0 saturated carbocycles. The van der Waals surface area contributed by atoms with Crippen LogP contribution in [0, 0.1) is 6.92 Å². The lowest BCUT2D eigenvalue weighted by atomic mass is 10.1. The number of hydrogen-bond acceptors (Lipinski definition) is 3. The molecule has 110 valence electrons. The number of aryl methyl sites for hydroxylation is 1. The Labute approximate surface area is 125 Å². The zero-order chi connectivity index (χ0) is 15.4. The minimum atomic E-state index is -0.229. The quantitative estimate of drug-likeness (QED) is 0.907. The summed E-state index contributed by atoms with van der Waals surface area (Å²) in [6, 6.07) is 12.3. The average molecular weight is 284 g/mol. The van der Waals surface area contributed by atoms with E-state index in [2.05, 4.69) is 16.3 Å². The van der Waals surface area contributed by atoms with Crippen molar-refractivity contribution < 1.29 is 9.90 Å². The first kappa shape index (κ1) is 15.1. The van der Waals surface area contributed by atoms with Crippen molar-refractivity contribution in [2.24, 2.45) is 0 Å². The minimum Gasteiger partial charge on any atom is -0.508 e. The summed E-state index contributed by atoms with van der Waals surface area (Å²) in [5.41, 5.74) is 3.44. The molecule has 0 aliphatic rings. The standard InChI is InChI=1S/C17H20N2O2/c1-12-7-13(11-19(2)3)9-15(8-12)18-17(21)14-5-4-6-16(20)10-14/h4-10,20H,11H2,1-3H3,(H,18,21). The molecule has 2 aromatic rings. The summed E-state index contributed by atoms with van der Waals surface area (Å²) in [4.78, 5) is 14.3. The van der Waals surface area contributed by atoms with Gasteiger partial charge < -0.3 is 15.3 Å². The van der Waals surface area contributed by atoms with Crippen LogP contribution in [0.5, 0.6) is 5.75 Å². The second kappa shape index (κ2) is 6.41. The van der Waals surface area contributed by atoms with E-state index in [-0.39, 0.29) is 11.7 Å². The number of carbonyl (C=O) groups is 1. The van der Waals surface area contributed by atoms with Gasteiger partial charge in [-0.15, -0.1) is 0 Å². The summed E-state index contributed by atoms with van der Waals surface area (Å²) in [6.45, 7) is 2.82. The van der Waals surface area contributed by atoms with Gasteiger partial charge in [-0.3, -0.25) is 4.79 Å². The van der Waals surface area contributed by atoms with Crippen LogP contribution in [0.4, 0.5) is 5.69 Å². The number of carbonyl (C=O) groups excluding carboxylic acids is 1. The number of hydrogen-bond donors (Lipinski definition) is 2. The van der Waals surface area contributed by atoms with Crippen molar-refractivity contribution in [2.75, 3.05) is 19.4 Å². The summed E-state index contributed by atoms with van der Waals surface area (Å²) in [7, 11) is 4.01. The predicted octanol–water partition coefficient (Wildman–Crippen LogP) is 3.01. The van der Waals surface area contributed by atoms with Gasteiger partial charge in [-0.2, -0.15) is 0 Å². The maximum absolute atomic E-state index is 12.2. The number of amides is 1. The molecule has 0 heterocycles. The van der Waals surface area contributed by atoms with Gasteiger partial charge in [0.15, 0.2) is 0 Å². The number of benzene rings is 2. The molecule has 21 heavy (non-hydrogen) atoms. The number of phenols is 1. The van der Waals surface area contributed by atoms with Gasteiger partial charge in [-0.05, 0) is 62.5 Å². The van der Waals surface area contributed by atoms with Gasteiger partial charge in [-0.25, -0.2) is 0 Å². The van der Waals surface area contributed by atoms with E-state index in [9.17, 15) is 9.90 Å². The van der Waals surface area contributed by atoms with Crippen LogP contribution < -0.4 is 5.32 Å². The molecule has 4 heteroatoms. The van der Waals surface area contributed by atoms with Gasteiger partial charge in [0.25, 0.3) is 5.91 Å². The van der Waals surface area contributed by atoms with Crippen molar-refractivity contribution in [3.05, 3.63) is 59.2 Å². The Bertz CT molecular complexity index is 651. The van der Waals surface area contributed by atoms with Crippen molar-refractivity contribution in [3.63, 3.8) is 0 Å². The van der Waals surface area contributed by atoms with Gasteiger partial charge in [0.2, 0.25) is 0 Å². The molecular weight excluding hydrogens is 264 g/mol. The molecule has 4 nitrogen and oxygen atoms in total. The second-order valence-electron chi connectivity index (χ2n) is 5.45. The third kappa shape index (κ3) is 4.33. The van der Waals surface area contributed by atoms with E-state index >= 15 is 0 Å². The minimum absolute atomic E-state index is 0.0835. The molecule has 0 saturated heterocycles. The molecule has 0 aliphatic heterocycles. The van der Waals surface area contributed by atoms with Crippen LogP contribution >= 0.6 is 0 Å². The van der Waals surface area contributed by atoms with Gasteiger partial charge in [0.05, 0.1) is 0 Å². The molecule has 0 aromatic heterocycles. The molecule has 1 amide bonds. The Balaban J connectivity index is 2.19. The summed E-state index contributed by atoms with van der Waals surface area (Å²) < 4.78 is 0. The van der Waals surface area contributed by atoms with Gasteiger partial charge in [0, 0.05) is 17.8 Å². The van der Waals surface area contributed by atoms with Gasteiger partial charge in [-0.1, -0.05) is 12.1 Å². The fourth-order valence-electron chi connectivity index (χ4n) is 2.24. The van der Waals surface area contributed by atoms with Gasteiger partial charge in [0.1, 0.15) is 5.75 Å². The SMILES string of the molecule is Cc1cc(CN(C)C)cc(NC(=O)c2cccc(O)c2)c1. The zero-order valence-electron chi connectivity index (χ0n) is 12.6. The van der Waals surface area contributed by atoms with Crippen LogP contribution in [0.25, 0.3) is 0 Å². The number of anilines is 1. The third-order valence-corrected chi connectivity index (χ3v) is 3.00. The first-order valence-corrected chi connectivity index (χ1v) is 6.80. The molecule has 2 aromatic carbocycles. The summed E-state index contributed by atoms with van der Waals surface area (Å²) >= 11 is 0. The summed E-state index contributed by atoms with van der Waals surface area (Å²) in [5.74, 6) is -0.146. The highest BCUT2D eigenvalue weighted by molar-refractivity contribution is 6.04. The maximum atomic E-state index is 12.2. The molecule has 0 radical (unpaired) electrons. The second-order valence-corrected chi connectivity index (χ2v) is 5.45. The van der Waals surface area contributed by atoms with Crippen LogP contribution in [0.2, 0.25) is 0 Å². The molecule has 0 unspecified atom stereocenters. The molecule has 2 rings (SSSR count). The summed E-state index contributed by atoms with van der Waals surface area (Å²) in [6.07, 6.45) is 0. The third-order valence-electron chi connectivity index (χ3n) is 3.00. The van der Waals surface area contributed by atoms with Crippen LogP contribution in [0.1, 0.15) is 21.5 Å². The normalized spacial score (nSPS) is 10.7.